The van der Waals surface area contributed by atoms with Crippen LogP contribution in [-0.4, -0.2) is 55.4 Å². The summed E-state index contributed by atoms with van der Waals surface area (Å²) in [5.74, 6) is 1.57. The zero-order chi connectivity index (χ0) is 25.1. The number of halogens is 1. The highest BCUT2D eigenvalue weighted by Crippen LogP contribution is 2.35. The molecule has 0 saturated carbocycles. The lowest BCUT2D eigenvalue weighted by Crippen LogP contribution is -2.40. The van der Waals surface area contributed by atoms with Crippen LogP contribution in [-0.2, 0) is 4.79 Å². The van der Waals surface area contributed by atoms with Gasteiger partial charge in [0, 0.05) is 29.8 Å². The van der Waals surface area contributed by atoms with Crippen LogP contribution in [0.2, 0.25) is 5.02 Å². The van der Waals surface area contributed by atoms with Crippen molar-refractivity contribution < 1.29 is 14.6 Å². The number of aliphatic hydroxyl groups excluding tert-OH is 1. The lowest BCUT2D eigenvalue weighted by atomic mass is 10.1. The van der Waals surface area contributed by atoms with E-state index in [9.17, 15) is 4.79 Å². The van der Waals surface area contributed by atoms with Crippen molar-refractivity contribution in [3.8, 4) is 22.8 Å². The van der Waals surface area contributed by atoms with Crippen LogP contribution in [0.15, 0.2) is 67.0 Å². The average Bonchev–Trinajstić information content (AvgIpc) is 3.30. The van der Waals surface area contributed by atoms with Gasteiger partial charge in [0.2, 0.25) is 5.91 Å². The molecule has 3 heterocycles. The van der Waals surface area contributed by atoms with Crippen LogP contribution in [0.3, 0.4) is 0 Å². The van der Waals surface area contributed by atoms with Crippen LogP contribution in [0.4, 0.5) is 5.82 Å². The number of likely N-dealkylation sites (tertiary alicyclic amines) is 1. The third-order valence-electron chi connectivity index (χ3n) is 6.12. The predicted octanol–water partition coefficient (Wildman–Crippen LogP) is 4.23. The summed E-state index contributed by atoms with van der Waals surface area (Å²) in [6.45, 7) is 0.974. The predicted molar refractivity (Wildman–Crippen MR) is 138 cm³/mol. The SMILES string of the molecule is Nc1ncnc2c1c(-c1ccc(Oc3ccc(Cl)cc3)cc1)nn2[C@@H]1CCCN(C(=O)/C=C/CO)C1. The number of nitrogens with zero attached hydrogens (tertiary/aromatic N) is 5. The van der Waals surface area contributed by atoms with E-state index in [1.807, 2.05) is 28.9 Å². The van der Waals surface area contributed by atoms with Crippen molar-refractivity contribution in [2.45, 2.75) is 18.9 Å². The van der Waals surface area contributed by atoms with E-state index < -0.39 is 0 Å². The zero-order valence-corrected chi connectivity index (χ0v) is 20.2. The van der Waals surface area contributed by atoms with E-state index in [-0.39, 0.29) is 18.6 Å². The number of hydrogen-bond acceptors (Lipinski definition) is 7. The molecule has 1 aliphatic rings. The van der Waals surface area contributed by atoms with Gasteiger partial charge in [-0.15, -0.1) is 0 Å². The minimum Gasteiger partial charge on any atom is -0.457 e. The Morgan fingerprint density at radius 3 is 2.58 bits per heavy atom. The zero-order valence-electron chi connectivity index (χ0n) is 19.4. The number of rotatable bonds is 6. The van der Waals surface area contributed by atoms with Gasteiger partial charge in [0.05, 0.1) is 18.0 Å². The largest absolute Gasteiger partial charge is 0.457 e. The van der Waals surface area contributed by atoms with Gasteiger partial charge in [-0.1, -0.05) is 17.7 Å². The van der Waals surface area contributed by atoms with Crippen LogP contribution in [0, 0.1) is 0 Å². The van der Waals surface area contributed by atoms with E-state index >= 15 is 0 Å². The number of nitrogen functional groups attached to an aromatic ring is 1. The molecule has 1 atom stereocenters. The van der Waals surface area contributed by atoms with Crippen molar-refractivity contribution in [2.24, 2.45) is 0 Å². The second kappa shape index (κ2) is 10.3. The van der Waals surface area contributed by atoms with Gasteiger partial charge in [0.1, 0.15) is 29.3 Å². The highest BCUT2D eigenvalue weighted by molar-refractivity contribution is 6.30. The van der Waals surface area contributed by atoms with Gasteiger partial charge in [-0.05, 0) is 61.4 Å². The monoisotopic (exact) mass is 504 g/mol. The number of carbonyl (C=O) groups excluding carboxylic acids is 1. The van der Waals surface area contributed by atoms with Crippen molar-refractivity contribution in [3.05, 3.63) is 72.0 Å². The van der Waals surface area contributed by atoms with Gasteiger partial charge in [-0.2, -0.15) is 5.10 Å². The minimum absolute atomic E-state index is 0.0664. The second-order valence-electron chi connectivity index (χ2n) is 8.50. The smallest absolute Gasteiger partial charge is 0.246 e. The quantitative estimate of drug-likeness (QED) is 0.377. The molecule has 1 saturated heterocycles. The van der Waals surface area contributed by atoms with E-state index in [1.54, 1.807) is 29.2 Å². The van der Waals surface area contributed by atoms with E-state index in [4.69, 9.17) is 32.3 Å². The Balaban J connectivity index is 1.45. The Labute approximate surface area is 212 Å². The molecule has 2 aromatic carbocycles. The molecule has 184 valence electrons. The molecule has 0 aliphatic carbocycles. The molecule has 0 unspecified atom stereocenters. The second-order valence-corrected chi connectivity index (χ2v) is 8.93. The Morgan fingerprint density at radius 2 is 1.86 bits per heavy atom. The maximum atomic E-state index is 12.5. The number of fused-ring (bicyclic) bond motifs is 1. The third-order valence-corrected chi connectivity index (χ3v) is 6.37. The van der Waals surface area contributed by atoms with Crippen LogP contribution >= 0.6 is 11.6 Å². The molecule has 5 rings (SSSR count). The fraction of sp³-hybridized carbons (Fsp3) is 0.231. The first kappa shape index (κ1) is 23.8. The van der Waals surface area contributed by atoms with Crippen LogP contribution in [0.1, 0.15) is 18.9 Å². The summed E-state index contributed by atoms with van der Waals surface area (Å²) in [6, 6.07) is 14.7. The topological polar surface area (TPSA) is 119 Å². The standard InChI is InChI=1S/C26H25ClN6O3/c27-18-7-11-21(12-8-18)36-20-9-5-17(6-10-20)24-23-25(28)29-16-30-26(23)33(31-24)19-3-1-13-32(15-19)22(35)4-2-14-34/h2,4-12,16,19,34H,1,3,13-15H2,(H2,28,29,30)/b4-2+/t19-/m1/s1. The minimum atomic E-state index is -0.171. The number of aromatic nitrogens is 4. The lowest BCUT2D eigenvalue weighted by molar-refractivity contribution is -0.127. The van der Waals surface area contributed by atoms with Gasteiger partial charge >= 0.3 is 0 Å². The van der Waals surface area contributed by atoms with Crippen molar-refractivity contribution in [2.75, 3.05) is 25.4 Å². The number of amides is 1. The van der Waals surface area contributed by atoms with Gasteiger partial charge in [0.15, 0.2) is 5.65 Å². The Morgan fingerprint density at radius 1 is 1.14 bits per heavy atom. The molecule has 4 aromatic rings. The normalized spacial score (nSPS) is 16.1. The van der Waals surface area contributed by atoms with Crippen LogP contribution in [0.25, 0.3) is 22.3 Å². The molecule has 0 spiro atoms. The van der Waals surface area contributed by atoms with Crippen molar-refractivity contribution >= 4 is 34.4 Å². The average molecular weight is 505 g/mol. The molecular weight excluding hydrogens is 480 g/mol. The Hall–Kier alpha value is -3.95. The molecule has 3 N–H and O–H groups in total. The lowest BCUT2D eigenvalue weighted by Gasteiger charge is -2.32. The van der Waals surface area contributed by atoms with Gasteiger partial charge in [0.25, 0.3) is 0 Å². The number of piperidine rings is 1. The fourth-order valence-electron chi connectivity index (χ4n) is 4.39. The van der Waals surface area contributed by atoms with E-state index in [0.29, 0.717) is 52.2 Å². The fourth-order valence-corrected chi connectivity index (χ4v) is 4.51. The highest BCUT2D eigenvalue weighted by Gasteiger charge is 2.28. The Kier molecular flexibility index (Phi) is 6.84. The third kappa shape index (κ3) is 4.89. The van der Waals surface area contributed by atoms with Crippen molar-refractivity contribution in [3.63, 3.8) is 0 Å². The highest BCUT2D eigenvalue weighted by atomic mass is 35.5. The first-order chi connectivity index (χ1) is 17.5. The molecule has 1 fully saturated rings. The number of ether oxygens (including phenoxy) is 1. The summed E-state index contributed by atoms with van der Waals surface area (Å²) in [5.41, 5.74) is 8.42. The number of carbonyl (C=O) groups is 1. The summed E-state index contributed by atoms with van der Waals surface area (Å²) in [7, 11) is 0. The number of hydrogen-bond donors (Lipinski definition) is 2. The molecule has 9 nitrogen and oxygen atoms in total. The molecule has 1 aliphatic heterocycles. The number of anilines is 1. The number of aliphatic hydroxyl groups is 1. The molecule has 36 heavy (non-hydrogen) atoms. The van der Waals surface area contributed by atoms with Crippen LogP contribution in [0.5, 0.6) is 11.5 Å². The molecular formula is C26H25ClN6O3. The Bertz CT molecular complexity index is 1400. The number of nitrogens with two attached hydrogens (primary N) is 1. The van der Waals surface area contributed by atoms with Crippen molar-refractivity contribution in [1.29, 1.82) is 0 Å². The van der Waals surface area contributed by atoms with E-state index in [0.717, 1.165) is 18.4 Å². The number of benzene rings is 2. The van der Waals surface area contributed by atoms with E-state index in [2.05, 4.69) is 9.97 Å². The first-order valence-electron chi connectivity index (χ1n) is 11.6. The van der Waals surface area contributed by atoms with Gasteiger partial charge < -0.3 is 20.5 Å². The van der Waals surface area contributed by atoms with Gasteiger partial charge in [-0.3, -0.25) is 4.79 Å². The maximum Gasteiger partial charge on any atom is 0.246 e. The summed E-state index contributed by atoms with van der Waals surface area (Å²) in [5, 5.41) is 15.2. The molecule has 0 bridgehead atoms. The first-order valence-corrected chi connectivity index (χ1v) is 12.0. The van der Waals surface area contributed by atoms with E-state index in [1.165, 1.54) is 18.5 Å². The summed E-state index contributed by atoms with van der Waals surface area (Å²) in [6.07, 6.45) is 5.96. The van der Waals surface area contributed by atoms with Crippen molar-refractivity contribution in [1.82, 2.24) is 24.6 Å². The molecule has 10 heteroatoms. The molecule has 2 aromatic heterocycles. The summed E-state index contributed by atoms with van der Waals surface area (Å²) in [4.78, 5) is 22.9. The molecule has 1 amide bonds. The molecule has 0 radical (unpaired) electrons. The summed E-state index contributed by atoms with van der Waals surface area (Å²) < 4.78 is 7.76. The van der Waals surface area contributed by atoms with Gasteiger partial charge in [-0.25, -0.2) is 14.6 Å². The van der Waals surface area contributed by atoms with Crippen LogP contribution < -0.4 is 10.5 Å². The summed E-state index contributed by atoms with van der Waals surface area (Å²) >= 11 is 5.95. The maximum absolute atomic E-state index is 12.5.